The van der Waals surface area contributed by atoms with Gasteiger partial charge in [-0.3, -0.25) is 4.79 Å². The molecule has 0 saturated carbocycles. The first kappa shape index (κ1) is 17.1. The van der Waals surface area contributed by atoms with E-state index in [-0.39, 0.29) is 11.6 Å². The van der Waals surface area contributed by atoms with E-state index in [4.69, 9.17) is 5.11 Å². The van der Waals surface area contributed by atoms with Crippen molar-refractivity contribution in [3.05, 3.63) is 29.6 Å². The number of nitrogens with zero attached hydrogens (tertiary/aromatic N) is 2. The lowest BCUT2D eigenvalue weighted by molar-refractivity contribution is 0.0690. The molecule has 1 aromatic rings. The number of amides is 1. The number of likely N-dealkylation sites (tertiary alicyclic amines) is 1. The predicted octanol–water partition coefficient (Wildman–Crippen LogP) is 2.06. The van der Waals surface area contributed by atoms with Gasteiger partial charge in [-0.2, -0.15) is 0 Å². The van der Waals surface area contributed by atoms with E-state index in [0.717, 1.165) is 39.0 Å². The molecule has 0 atom stereocenters. The first-order valence-corrected chi connectivity index (χ1v) is 7.07. The van der Waals surface area contributed by atoms with Crippen LogP contribution in [0.25, 0.3) is 0 Å². The molecule has 1 aromatic heterocycles. The minimum absolute atomic E-state index is 0.0899. The number of carboxylic acid groups (broad SMARTS) is 1. The number of methoxy groups -OCH3 is 1. The van der Waals surface area contributed by atoms with Gasteiger partial charge in [0, 0.05) is 38.6 Å². The number of aromatic nitrogens is 1. The quantitative estimate of drug-likeness (QED) is 0.923. The lowest BCUT2D eigenvalue weighted by Crippen LogP contribution is -2.35. The molecular formula is C15H22N2O4. The van der Waals surface area contributed by atoms with Crippen molar-refractivity contribution in [2.45, 2.75) is 26.2 Å². The van der Waals surface area contributed by atoms with Gasteiger partial charge in [-0.05, 0) is 38.3 Å². The molecule has 1 aliphatic rings. The summed E-state index contributed by atoms with van der Waals surface area (Å²) < 4.78 is 4.54. The minimum atomic E-state index is -1.11. The second-order valence-electron chi connectivity index (χ2n) is 4.67. The van der Waals surface area contributed by atoms with Gasteiger partial charge in [0.25, 0.3) is 5.91 Å². The maximum Gasteiger partial charge on any atom is 0.354 e. The molecule has 0 spiro atoms. The Morgan fingerprint density at radius 3 is 2.48 bits per heavy atom. The van der Waals surface area contributed by atoms with Gasteiger partial charge < -0.3 is 14.7 Å². The molecular weight excluding hydrogens is 272 g/mol. The van der Waals surface area contributed by atoms with Crippen LogP contribution < -0.4 is 0 Å². The van der Waals surface area contributed by atoms with Crippen LogP contribution in [0.3, 0.4) is 0 Å². The number of hydrogen-bond donors (Lipinski definition) is 1. The molecule has 1 amide bonds. The standard InChI is InChI=1S/C12H14N2O3.C3H8O/c15-11(14-6-2-1-3-7-14)9-4-5-13-10(8-9)12(16)17;1-3-4-2/h4-5,8H,1-3,6-7H2,(H,16,17);3H2,1-2H3. The molecule has 116 valence electrons. The van der Waals surface area contributed by atoms with Gasteiger partial charge in [0.1, 0.15) is 5.69 Å². The fourth-order valence-electron chi connectivity index (χ4n) is 1.96. The van der Waals surface area contributed by atoms with Gasteiger partial charge in [-0.15, -0.1) is 0 Å². The number of hydrogen-bond acceptors (Lipinski definition) is 4. The monoisotopic (exact) mass is 294 g/mol. The molecule has 2 rings (SSSR count). The summed E-state index contributed by atoms with van der Waals surface area (Å²) in [6, 6.07) is 2.89. The third-order valence-corrected chi connectivity index (χ3v) is 3.16. The van der Waals surface area contributed by atoms with Crippen LogP contribution in [0.4, 0.5) is 0 Å². The van der Waals surface area contributed by atoms with Crippen LogP contribution in [0, 0.1) is 0 Å². The SMILES string of the molecule is CCOC.O=C(O)c1cc(C(=O)N2CCCCC2)ccn1. The second-order valence-corrected chi connectivity index (χ2v) is 4.67. The number of carbonyl (C=O) groups is 2. The molecule has 1 saturated heterocycles. The van der Waals surface area contributed by atoms with Crippen LogP contribution in [-0.2, 0) is 4.74 Å². The van der Waals surface area contributed by atoms with Crippen LogP contribution in [-0.4, -0.2) is 53.7 Å². The molecule has 6 nitrogen and oxygen atoms in total. The summed E-state index contributed by atoms with van der Waals surface area (Å²) in [5.41, 5.74) is 0.312. The van der Waals surface area contributed by atoms with Crippen LogP contribution >= 0.6 is 0 Å². The molecule has 0 radical (unpaired) electrons. The molecule has 6 heteroatoms. The van der Waals surface area contributed by atoms with Crippen LogP contribution in [0.5, 0.6) is 0 Å². The third-order valence-electron chi connectivity index (χ3n) is 3.16. The number of rotatable bonds is 3. The average Bonchev–Trinajstić information content (AvgIpc) is 2.55. The lowest BCUT2D eigenvalue weighted by atomic mass is 10.1. The highest BCUT2D eigenvalue weighted by atomic mass is 16.5. The average molecular weight is 294 g/mol. The van der Waals surface area contributed by atoms with Gasteiger partial charge in [-0.25, -0.2) is 9.78 Å². The van der Waals surface area contributed by atoms with Crippen molar-refractivity contribution >= 4 is 11.9 Å². The molecule has 0 aliphatic carbocycles. The van der Waals surface area contributed by atoms with E-state index >= 15 is 0 Å². The highest BCUT2D eigenvalue weighted by Gasteiger charge is 2.19. The van der Waals surface area contributed by atoms with E-state index in [0.29, 0.717) is 5.56 Å². The van der Waals surface area contributed by atoms with E-state index in [9.17, 15) is 9.59 Å². The molecule has 0 unspecified atom stereocenters. The molecule has 0 aromatic carbocycles. The summed E-state index contributed by atoms with van der Waals surface area (Å²) in [7, 11) is 1.68. The second kappa shape index (κ2) is 9.07. The zero-order valence-corrected chi connectivity index (χ0v) is 12.5. The Balaban J connectivity index is 0.000000491. The fraction of sp³-hybridized carbons (Fsp3) is 0.533. The fourth-order valence-corrected chi connectivity index (χ4v) is 1.96. The normalized spacial score (nSPS) is 14.1. The van der Waals surface area contributed by atoms with Crippen molar-refractivity contribution in [2.75, 3.05) is 26.8 Å². The minimum Gasteiger partial charge on any atom is -0.477 e. The van der Waals surface area contributed by atoms with Crippen LogP contribution in [0.2, 0.25) is 0 Å². The Kier molecular flexibility index (Phi) is 7.39. The molecule has 1 fully saturated rings. The summed E-state index contributed by atoms with van der Waals surface area (Å²) >= 11 is 0. The van der Waals surface area contributed by atoms with E-state index in [1.54, 1.807) is 18.1 Å². The highest BCUT2D eigenvalue weighted by Crippen LogP contribution is 2.13. The van der Waals surface area contributed by atoms with Crippen molar-refractivity contribution in [1.82, 2.24) is 9.88 Å². The van der Waals surface area contributed by atoms with Crippen LogP contribution in [0.15, 0.2) is 18.3 Å². The first-order valence-electron chi connectivity index (χ1n) is 7.07. The Labute approximate surface area is 124 Å². The van der Waals surface area contributed by atoms with Crippen molar-refractivity contribution < 1.29 is 19.4 Å². The van der Waals surface area contributed by atoms with Gasteiger partial charge >= 0.3 is 5.97 Å². The van der Waals surface area contributed by atoms with Gasteiger partial charge in [0.05, 0.1) is 0 Å². The number of pyridine rings is 1. The van der Waals surface area contributed by atoms with E-state index in [2.05, 4.69) is 9.72 Å². The smallest absolute Gasteiger partial charge is 0.354 e. The summed E-state index contributed by atoms with van der Waals surface area (Å²) in [6.07, 6.45) is 4.55. The molecule has 0 bridgehead atoms. The number of aromatic carboxylic acids is 1. The van der Waals surface area contributed by atoms with E-state index < -0.39 is 5.97 Å². The topological polar surface area (TPSA) is 79.7 Å². The molecule has 21 heavy (non-hydrogen) atoms. The van der Waals surface area contributed by atoms with Gasteiger partial charge in [0.2, 0.25) is 0 Å². The highest BCUT2D eigenvalue weighted by molar-refractivity contribution is 5.96. The summed E-state index contributed by atoms with van der Waals surface area (Å²) in [5, 5.41) is 8.81. The van der Waals surface area contributed by atoms with Crippen molar-refractivity contribution in [3.63, 3.8) is 0 Å². The molecule has 1 N–H and O–H groups in total. The number of carboxylic acids is 1. The molecule has 2 heterocycles. The largest absolute Gasteiger partial charge is 0.477 e. The Morgan fingerprint density at radius 1 is 1.33 bits per heavy atom. The van der Waals surface area contributed by atoms with Crippen LogP contribution in [0.1, 0.15) is 47.0 Å². The zero-order valence-electron chi connectivity index (χ0n) is 12.5. The Hall–Kier alpha value is -1.95. The number of piperidine rings is 1. The summed E-state index contributed by atoms with van der Waals surface area (Å²) in [6.45, 7) is 4.28. The predicted molar refractivity (Wildman–Crippen MR) is 78.5 cm³/mol. The summed E-state index contributed by atoms with van der Waals surface area (Å²) in [5.74, 6) is -1.21. The van der Waals surface area contributed by atoms with E-state index in [1.165, 1.54) is 12.3 Å². The zero-order chi connectivity index (χ0) is 15.7. The van der Waals surface area contributed by atoms with E-state index in [1.807, 2.05) is 6.92 Å². The third kappa shape index (κ3) is 5.51. The molecule has 1 aliphatic heterocycles. The van der Waals surface area contributed by atoms with Crippen molar-refractivity contribution in [1.29, 1.82) is 0 Å². The van der Waals surface area contributed by atoms with Crippen molar-refractivity contribution in [2.24, 2.45) is 0 Å². The van der Waals surface area contributed by atoms with Gasteiger partial charge in [0.15, 0.2) is 0 Å². The number of ether oxygens (including phenoxy) is 1. The maximum atomic E-state index is 12.1. The maximum absolute atomic E-state index is 12.1. The number of carbonyl (C=O) groups excluding carboxylic acids is 1. The Bertz CT molecular complexity index is 468. The van der Waals surface area contributed by atoms with Crippen molar-refractivity contribution in [3.8, 4) is 0 Å². The lowest BCUT2D eigenvalue weighted by Gasteiger charge is -2.26. The first-order chi connectivity index (χ1) is 10.1. The summed E-state index contributed by atoms with van der Waals surface area (Å²) in [4.78, 5) is 28.3. The Morgan fingerprint density at radius 2 is 1.95 bits per heavy atom. The van der Waals surface area contributed by atoms with Gasteiger partial charge in [-0.1, -0.05) is 0 Å².